The van der Waals surface area contributed by atoms with Crippen molar-refractivity contribution >= 4 is 5.91 Å². The molecule has 0 atom stereocenters. The quantitative estimate of drug-likeness (QED) is 0.523. The Labute approximate surface area is 85.9 Å². The molecule has 0 aromatic heterocycles. The Bertz CT molecular complexity index is 164. The van der Waals surface area contributed by atoms with Crippen molar-refractivity contribution in [3.63, 3.8) is 0 Å². The minimum atomic E-state index is -0.826. The molecule has 4 heteroatoms. The van der Waals surface area contributed by atoms with Gasteiger partial charge >= 0.3 is 0 Å². The maximum Gasteiger partial charge on any atom is 0.220 e. The molecule has 0 aliphatic rings. The molecule has 84 valence electrons. The van der Waals surface area contributed by atoms with Crippen LogP contribution in [0.4, 0.5) is 0 Å². The number of nitrogens with two attached hydrogens (primary N) is 1. The molecule has 0 rings (SSSR count). The number of rotatable bonds is 7. The van der Waals surface area contributed by atoms with Gasteiger partial charge in [0.05, 0.1) is 5.60 Å². The standard InChI is InChI=1S/C10H22N2O2/c1-10(2,14)8-12-9(13)6-4-3-5-7-11/h14H,3-8,11H2,1-2H3,(H,12,13). The van der Waals surface area contributed by atoms with Crippen LogP contribution in [0, 0.1) is 0 Å². The number of amides is 1. The number of hydrogen-bond acceptors (Lipinski definition) is 3. The minimum absolute atomic E-state index is 0.00384. The van der Waals surface area contributed by atoms with Gasteiger partial charge in [0.15, 0.2) is 0 Å². The monoisotopic (exact) mass is 202 g/mol. The van der Waals surface area contributed by atoms with E-state index >= 15 is 0 Å². The zero-order chi connectivity index (χ0) is 11.0. The number of carbonyl (C=O) groups excluding carboxylic acids is 1. The molecule has 1 amide bonds. The van der Waals surface area contributed by atoms with Crippen molar-refractivity contribution in [1.82, 2.24) is 5.32 Å². The van der Waals surface area contributed by atoms with Crippen LogP contribution >= 0.6 is 0 Å². The van der Waals surface area contributed by atoms with E-state index in [0.29, 0.717) is 19.5 Å². The lowest BCUT2D eigenvalue weighted by atomic mass is 10.1. The number of carbonyl (C=O) groups is 1. The van der Waals surface area contributed by atoms with Crippen LogP contribution in [0.15, 0.2) is 0 Å². The van der Waals surface area contributed by atoms with Crippen molar-refractivity contribution in [2.45, 2.75) is 45.1 Å². The van der Waals surface area contributed by atoms with Crippen LogP contribution in [0.2, 0.25) is 0 Å². The molecule has 0 unspecified atom stereocenters. The van der Waals surface area contributed by atoms with Crippen LogP contribution in [0.1, 0.15) is 39.5 Å². The van der Waals surface area contributed by atoms with Crippen molar-refractivity contribution in [3.05, 3.63) is 0 Å². The summed E-state index contributed by atoms with van der Waals surface area (Å²) in [7, 11) is 0. The summed E-state index contributed by atoms with van der Waals surface area (Å²) >= 11 is 0. The third-order valence-electron chi connectivity index (χ3n) is 1.83. The molecule has 4 N–H and O–H groups in total. The highest BCUT2D eigenvalue weighted by atomic mass is 16.3. The lowest BCUT2D eigenvalue weighted by Gasteiger charge is -2.17. The predicted molar refractivity (Wildman–Crippen MR) is 56.8 cm³/mol. The first-order chi connectivity index (χ1) is 6.45. The van der Waals surface area contributed by atoms with Gasteiger partial charge in [-0.2, -0.15) is 0 Å². The summed E-state index contributed by atoms with van der Waals surface area (Å²) in [6, 6.07) is 0. The number of nitrogens with one attached hydrogen (secondary N) is 1. The number of unbranched alkanes of at least 4 members (excludes halogenated alkanes) is 2. The van der Waals surface area contributed by atoms with Crippen LogP contribution in [0.5, 0.6) is 0 Å². The second-order valence-electron chi connectivity index (χ2n) is 4.19. The van der Waals surface area contributed by atoms with E-state index in [2.05, 4.69) is 5.32 Å². The fraction of sp³-hybridized carbons (Fsp3) is 0.900. The van der Waals surface area contributed by atoms with Crippen LogP contribution in [0.25, 0.3) is 0 Å². The van der Waals surface area contributed by atoms with Crippen molar-refractivity contribution < 1.29 is 9.90 Å². The van der Waals surface area contributed by atoms with Gasteiger partial charge in [-0.3, -0.25) is 4.79 Å². The maximum absolute atomic E-state index is 11.2. The Morgan fingerprint density at radius 3 is 2.50 bits per heavy atom. The summed E-state index contributed by atoms with van der Waals surface area (Å²) in [5.74, 6) is 0.00384. The lowest BCUT2D eigenvalue weighted by Crippen LogP contribution is -2.38. The van der Waals surface area contributed by atoms with E-state index in [1.165, 1.54) is 0 Å². The predicted octanol–water partition coefficient (Wildman–Crippen LogP) is 0.393. The third-order valence-corrected chi connectivity index (χ3v) is 1.83. The van der Waals surface area contributed by atoms with Gasteiger partial charge in [0.25, 0.3) is 0 Å². The van der Waals surface area contributed by atoms with Gasteiger partial charge in [0, 0.05) is 13.0 Å². The number of hydrogen-bond donors (Lipinski definition) is 3. The van der Waals surface area contributed by atoms with E-state index in [1.807, 2.05) is 0 Å². The van der Waals surface area contributed by atoms with Gasteiger partial charge in [0.2, 0.25) is 5.91 Å². The highest BCUT2D eigenvalue weighted by molar-refractivity contribution is 5.75. The molecule has 0 saturated carbocycles. The molecule has 0 aliphatic carbocycles. The van der Waals surface area contributed by atoms with E-state index < -0.39 is 5.60 Å². The molecule has 0 aromatic rings. The fourth-order valence-electron chi connectivity index (χ4n) is 1.01. The van der Waals surface area contributed by atoms with Crippen molar-refractivity contribution in [2.75, 3.05) is 13.1 Å². The molecule has 0 fully saturated rings. The summed E-state index contributed by atoms with van der Waals surface area (Å²) in [5, 5.41) is 12.0. The molecule has 0 saturated heterocycles. The average Bonchev–Trinajstić information content (AvgIpc) is 2.08. The first-order valence-corrected chi connectivity index (χ1v) is 5.15. The molecule has 0 heterocycles. The van der Waals surface area contributed by atoms with Crippen LogP contribution in [0.3, 0.4) is 0 Å². The second kappa shape index (κ2) is 6.79. The lowest BCUT2D eigenvalue weighted by molar-refractivity contribution is -0.122. The van der Waals surface area contributed by atoms with Crippen LogP contribution in [-0.2, 0) is 4.79 Å². The zero-order valence-corrected chi connectivity index (χ0v) is 9.18. The van der Waals surface area contributed by atoms with E-state index in [0.717, 1.165) is 19.3 Å². The topological polar surface area (TPSA) is 75.3 Å². The molecule has 0 radical (unpaired) electrons. The van der Waals surface area contributed by atoms with Gasteiger partial charge in [-0.1, -0.05) is 6.42 Å². The summed E-state index contributed by atoms with van der Waals surface area (Å²) < 4.78 is 0. The normalized spacial score (nSPS) is 11.4. The Kier molecular flexibility index (Phi) is 6.49. The zero-order valence-electron chi connectivity index (χ0n) is 9.18. The molecule has 0 spiro atoms. The maximum atomic E-state index is 11.2. The Balaban J connectivity index is 3.38. The Hall–Kier alpha value is -0.610. The van der Waals surface area contributed by atoms with E-state index in [4.69, 9.17) is 5.73 Å². The summed E-state index contributed by atoms with van der Waals surface area (Å²) in [6.07, 6.45) is 3.36. The first-order valence-electron chi connectivity index (χ1n) is 5.15. The van der Waals surface area contributed by atoms with E-state index in [1.54, 1.807) is 13.8 Å². The van der Waals surface area contributed by atoms with Crippen molar-refractivity contribution in [3.8, 4) is 0 Å². The summed E-state index contributed by atoms with van der Waals surface area (Å²) in [5.41, 5.74) is 4.50. The van der Waals surface area contributed by atoms with Gasteiger partial charge in [-0.25, -0.2) is 0 Å². The van der Waals surface area contributed by atoms with Crippen molar-refractivity contribution in [1.29, 1.82) is 0 Å². The van der Waals surface area contributed by atoms with Gasteiger partial charge in [-0.15, -0.1) is 0 Å². The first kappa shape index (κ1) is 13.4. The SMILES string of the molecule is CC(C)(O)CNC(=O)CCCCCN. The highest BCUT2D eigenvalue weighted by Crippen LogP contribution is 2.00. The highest BCUT2D eigenvalue weighted by Gasteiger charge is 2.13. The van der Waals surface area contributed by atoms with Gasteiger partial charge < -0.3 is 16.2 Å². The van der Waals surface area contributed by atoms with E-state index in [-0.39, 0.29) is 5.91 Å². The molecule has 14 heavy (non-hydrogen) atoms. The van der Waals surface area contributed by atoms with E-state index in [9.17, 15) is 9.90 Å². The number of aliphatic hydroxyl groups is 1. The molecule has 0 aromatic carbocycles. The van der Waals surface area contributed by atoms with Gasteiger partial charge in [0.1, 0.15) is 0 Å². The molecular weight excluding hydrogens is 180 g/mol. The molecule has 4 nitrogen and oxygen atoms in total. The average molecular weight is 202 g/mol. The van der Waals surface area contributed by atoms with Crippen LogP contribution < -0.4 is 11.1 Å². The third kappa shape index (κ3) is 9.48. The van der Waals surface area contributed by atoms with Gasteiger partial charge in [-0.05, 0) is 33.2 Å². The molecule has 0 bridgehead atoms. The fourth-order valence-corrected chi connectivity index (χ4v) is 1.01. The largest absolute Gasteiger partial charge is 0.389 e. The smallest absolute Gasteiger partial charge is 0.220 e. The summed E-state index contributed by atoms with van der Waals surface area (Å²) in [6.45, 7) is 4.33. The molecular formula is C10H22N2O2. The van der Waals surface area contributed by atoms with Crippen LogP contribution in [-0.4, -0.2) is 29.7 Å². The summed E-state index contributed by atoms with van der Waals surface area (Å²) in [4.78, 5) is 11.2. The second-order valence-corrected chi connectivity index (χ2v) is 4.19. The Morgan fingerprint density at radius 1 is 1.36 bits per heavy atom. The van der Waals surface area contributed by atoms with Crippen molar-refractivity contribution in [2.24, 2.45) is 5.73 Å². The Morgan fingerprint density at radius 2 is 2.00 bits per heavy atom. The minimum Gasteiger partial charge on any atom is -0.389 e. The molecule has 0 aliphatic heterocycles.